The molecule has 2 N–H and O–H groups in total. The molecule has 0 spiro atoms. The molecule has 0 aliphatic carbocycles. The van der Waals surface area contributed by atoms with Gasteiger partial charge in [0.1, 0.15) is 0 Å². The zero-order valence-electron chi connectivity index (χ0n) is 11.5. The van der Waals surface area contributed by atoms with Gasteiger partial charge in [0.15, 0.2) is 5.82 Å². The number of hydrogen-bond donors (Lipinski definition) is 1. The molecule has 0 radical (unpaired) electrons. The van der Waals surface area contributed by atoms with Crippen molar-refractivity contribution in [1.29, 1.82) is 0 Å². The minimum absolute atomic E-state index is 0.519. The van der Waals surface area contributed by atoms with Crippen LogP contribution in [0.15, 0.2) is 42.5 Å². The summed E-state index contributed by atoms with van der Waals surface area (Å²) in [6.45, 7) is 2.48. The van der Waals surface area contributed by atoms with Gasteiger partial charge in [0.05, 0.1) is 6.54 Å². The van der Waals surface area contributed by atoms with E-state index in [2.05, 4.69) is 15.5 Å². The summed E-state index contributed by atoms with van der Waals surface area (Å²) in [5.74, 6) is 0.693. The second-order valence-electron chi connectivity index (χ2n) is 4.82. The summed E-state index contributed by atoms with van der Waals surface area (Å²) in [4.78, 5) is 0. The molecule has 0 bridgehead atoms. The van der Waals surface area contributed by atoms with Gasteiger partial charge in [-0.05, 0) is 52.7 Å². The van der Waals surface area contributed by atoms with E-state index in [1.54, 1.807) is 4.68 Å². The molecule has 6 heteroatoms. The number of anilines is 1. The Bertz CT molecular complexity index is 781. The van der Waals surface area contributed by atoms with Crippen LogP contribution in [0.3, 0.4) is 0 Å². The second kappa shape index (κ2) is 5.54. The third-order valence-electron chi connectivity index (χ3n) is 3.34. The van der Waals surface area contributed by atoms with Gasteiger partial charge in [-0.1, -0.05) is 29.8 Å². The summed E-state index contributed by atoms with van der Waals surface area (Å²) in [5.41, 5.74) is 9.50. The molecule has 1 heterocycles. The molecule has 0 amide bonds. The maximum atomic E-state index is 6.19. The van der Waals surface area contributed by atoms with E-state index >= 15 is 0 Å². The Morgan fingerprint density at radius 3 is 2.76 bits per heavy atom. The predicted molar refractivity (Wildman–Crippen MR) is 83.0 cm³/mol. The van der Waals surface area contributed by atoms with Crippen LogP contribution in [0.4, 0.5) is 5.69 Å². The van der Waals surface area contributed by atoms with Crippen LogP contribution in [0.2, 0.25) is 5.02 Å². The molecule has 0 unspecified atom stereocenters. The molecular formula is C15H14ClN5. The van der Waals surface area contributed by atoms with Gasteiger partial charge in [0, 0.05) is 16.3 Å². The predicted octanol–water partition coefficient (Wildman–Crippen LogP) is 2.93. The lowest BCUT2D eigenvalue weighted by atomic mass is 10.1. The van der Waals surface area contributed by atoms with Crippen molar-refractivity contribution >= 4 is 17.3 Å². The Balaban J connectivity index is 1.97. The number of nitrogen functional groups attached to an aromatic ring is 1. The van der Waals surface area contributed by atoms with E-state index in [9.17, 15) is 0 Å². The van der Waals surface area contributed by atoms with Gasteiger partial charge in [0.2, 0.25) is 0 Å². The topological polar surface area (TPSA) is 69.6 Å². The zero-order valence-corrected chi connectivity index (χ0v) is 12.2. The highest BCUT2D eigenvalue weighted by Gasteiger charge is 2.11. The fourth-order valence-electron chi connectivity index (χ4n) is 2.12. The minimum Gasteiger partial charge on any atom is -0.399 e. The molecular weight excluding hydrogens is 286 g/mol. The van der Waals surface area contributed by atoms with E-state index in [1.165, 1.54) is 0 Å². The molecule has 3 aromatic rings. The van der Waals surface area contributed by atoms with Crippen LogP contribution >= 0.6 is 11.6 Å². The van der Waals surface area contributed by atoms with Crippen LogP contribution in [0.1, 0.15) is 11.1 Å². The van der Waals surface area contributed by atoms with Crippen molar-refractivity contribution in [2.45, 2.75) is 13.5 Å². The summed E-state index contributed by atoms with van der Waals surface area (Å²) >= 11 is 6.19. The molecule has 0 atom stereocenters. The quantitative estimate of drug-likeness (QED) is 0.755. The van der Waals surface area contributed by atoms with Gasteiger partial charge in [-0.15, -0.1) is 5.10 Å². The van der Waals surface area contributed by atoms with Gasteiger partial charge >= 0.3 is 0 Å². The van der Waals surface area contributed by atoms with Crippen molar-refractivity contribution in [1.82, 2.24) is 20.2 Å². The summed E-state index contributed by atoms with van der Waals surface area (Å²) in [6, 6.07) is 13.4. The van der Waals surface area contributed by atoms with Gasteiger partial charge in [-0.25, -0.2) is 4.68 Å². The lowest BCUT2D eigenvalue weighted by Gasteiger charge is -2.08. The summed E-state index contributed by atoms with van der Waals surface area (Å²) in [7, 11) is 0. The molecule has 106 valence electrons. The van der Waals surface area contributed by atoms with Gasteiger partial charge in [0.25, 0.3) is 0 Å². The van der Waals surface area contributed by atoms with E-state index < -0.39 is 0 Å². The molecule has 3 rings (SSSR count). The number of tetrazole rings is 1. The van der Waals surface area contributed by atoms with Crippen molar-refractivity contribution in [2.75, 3.05) is 5.73 Å². The highest BCUT2D eigenvalue weighted by atomic mass is 35.5. The number of hydrogen-bond acceptors (Lipinski definition) is 4. The van der Waals surface area contributed by atoms with Crippen molar-refractivity contribution < 1.29 is 0 Å². The maximum Gasteiger partial charge on any atom is 0.182 e. The zero-order chi connectivity index (χ0) is 14.8. The first-order valence-electron chi connectivity index (χ1n) is 6.51. The number of aromatic nitrogens is 4. The van der Waals surface area contributed by atoms with E-state index in [1.807, 2.05) is 49.4 Å². The standard InChI is InChI=1S/C15H14ClN5/c1-10-8-11(6-7-14(10)17)15-18-19-20-21(15)9-12-4-2-3-5-13(12)16/h2-8H,9,17H2,1H3. The summed E-state index contributed by atoms with van der Waals surface area (Å²) < 4.78 is 1.73. The number of aryl methyl sites for hydroxylation is 1. The number of benzene rings is 2. The largest absolute Gasteiger partial charge is 0.399 e. The van der Waals surface area contributed by atoms with Gasteiger partial charge < -0.3 is 5.73 Å². The fourth-order valence-corrected chi connectivity index (χ4v) is 2.32. The maximum absolute atomic E-state index is 6.19. The van der Waals surface area contributed by atoms with Crippen molar-refractivity contribution in [3.63, 3.8) is 0 Å². The fraction of sp³-hybridized carbons (Fsp3) is 0.133. The number of nitrogens with two attached hydrogens (primary N) is 1. The van der Waals surface area contributed by atoms with Gasteiger partial charge in [-0.3, -0.25) is 0 Å². The van der Waals surface area contributed by atoms with Crippen molar-refractivity contribution in [3.8, 4) is 11.4 Å². The molecule has 5 nitrogen and oxygen atoms in total. The highest BCUT2D eigenvalue weighted by molar-refractivity contribution is 6.31. The van der Waals surface area contributed by atoms with E-state index in [0.29, 0.717) is 17.4 Å². The molecule has 0 saturated heterocycles. The van der Waals surface area contributed by atoms with Crippen LogP contribution in [0.5, 0.6) is 0 Å². The normalized spacial score (nSPS) is 10.8. The Labute approximate surface area is 127 Å². The van der Waals surface area contributed by atoms with Crippen LogP contribution in [0.25, 0.3) is 11.4 Å². The Morgan fingerprint density at radius 2 is 2.00 bits per heavy atom. The van der Waals surface area contributed by atoms with Crippen molar-refractivity contribution in [3.05, 3.63) is 58.6 Å². The van der Waals surface area contributed by atoms with Gasteiger partial charge in [-0.2, -0.15) is 0 Å². The molecule has 2 aromatic carbocycles. The van der Waals surface area contributed by atoms with E-state index in [-0.39, 0.29) is 0 Å². The summed E-state index contributed by atoms with van der Waals surface area (Å²) in [5, 5.41) is 12.6. The molecule has 0 fully saturated rings. The Kier molecular flexibility index (Phi) is 3.58. The Hall–Kier alpha value is -2.40. The Morgan fingerprint density at radius 1 is 1.19 bits per heavy atom. The van der Waals surface area contributed by atoms with E-state index in [0.717, 1.165) is 22.4 Å². The smallest absolute Gasteiger partial charge is 0.182 e. The number of nitrogens with zero attached hydrogens (tertiary/aromatic N) is 4. The monoisotopic (exact) mass is 299 g/mol. The highest BCUT2D eigenvalue weighted by Crippen LogP contribution is 2.23. The average molecular weight is 300 g/mol. The molecule has 0 saturated carbocycles. The van der Waals surface area contributed by atoms with Crippen LogP contribution in [0, 0.1) is 6.92 Å². The second-order valence-corrected chi connectivity index (χ2v) is 5.23. The first-order chi connectivity index (χ1) is 10.1. The molecule has 1 aromatic heterocycles. The minimum atomic E-state index is 0.519. The average Bonchev–Trinajstić information content (AvgIpc) is 2.93. The lowest BCUT2D eigenvalue weighted by Crippen LogP contribution is -2.05. The van der Waals surface area contributed by atoms with Crippen LogP contribution < -0.4 is 5.73 Å². The first-order valence-corrected chi connectivity index (χ1v) is 6.89. The summed E-state index contributed by atoms with van der Waals surface area (Å²) in [6.07, 6.45) is 0. The first kappa shape index (κ1) is 13.6. The van der Waals surface area contributed by atoms with E-state index in [4.69, 9.17) is 17.3 Å². The van der Waals surface area contributed by atoms with Crippen LogP contribution in [-0.4, -0.2) is 20.2 Å². The third kappa shape index (κ3) is 2.73. The number of halogens is 1. The molecule has 21 heavy (non-hydrogen) atoms. The molecule has 0 aliphatic rings. The van der Waals surface area contributed by atoms with Crippen LogP contribution in [-0.2, 0) is 6.54 Å². The SMILES string of the molecule is Cc1cc(-c2nnnn2Cc2ccccc2Cl)ccc1N. The number of rotatable bonds is 3. The lowest BCUT2D eigenvalue weighted by molar-refractivity contribution is 0.653. The van der Waals surface area contributed by atoms with Crippen molar-refractivity contribution in [2.24, 2.45) is 0 Å². The third-order valence-corrected chi connectivity index (χ3v) is 3.71. The molecule has 0 aliphatic heterocycles.